The zero-order chi connectivity index (χ0) is 14.7. The number of hydrogen-bond acceptors (Lipinski definition) is 5. The Morgan fingerprint density at radius 3 is 2.32 bits per heavy atom. The number of carboxylic acids is 2. The van der Waals surface area contributed by atoms with Crippen molar-refractivity contribution in [3.63, 3.8) is 0 Å². The number of aromatic nitrogens is 1. The highest BCUT2D eigenvalue weighted by Crippen LogP contribution is 2.10. The summed E-state index contributed by atoms with van der Waals surface area (Å²) < 4.78 is 1.26. The maximum absolute atomic E-state index is 11.8. The third-order valence-corrected chi connectivity index (χ3v) is 3.62. The Hall–Kier alpha value is -2.16. The highest BCUT2D eigenvalue weighted by Gasteiger charge is 2.25. The van der Waals surface area contributed by atoms with Crippen LogP contribution in [0.4, 0.5) is 0 Å². The molecular weight excluding hydrogens is 276 g/mol. The third kappa shape index (κ3) is 3.41. The van der Waals surface area contributed by atoms with Crippen LogP contribution in [0.5, 0.6) is 0 Å². The number of amides is 1. The van der Waals surface area contributed by atoms with E-state index in [1.54, 1.807) is 6.92 Å². The van der Waals surface area contributed by atoms with Gasteiger partial charge in [-0.2, -0.15) is 0 Å². The molecule has 9 heteroatoms. The number of rotatable bonds is 5. The summed E-state index contributed by atoms with van der Waals surface area (Å²) in [4.78, 5) is 44.2. The molecule has 0 radical (unpaired) electrons. The fourth-order valence-corrected chi connectivity index (χ4v) is 2.21. The van der Waals surface area contributed by atoms with E-state index in [9.17, 15) is 19.2 Å². The molecule has 0 fully saturated rings. The number of carbonyl (C=O) groups excluding carboxylic acids is 1. The van der Waals surface area contributed by atoms with Gasteiger partial charge in [0.25, 0.3) is 5.91 Å². The summed E-state index contributed by atoms with van der Waals surface area (Å²) in [5.74, 6) is -3.56. The van der Waals surface area contributed by atoms with Gasteiger partial charge in [0.05, 0.1) is 6.42 Å². The Kier molecular flexibility index (Phi) is 4.43. The first kappa shape index (κ1) is 14.9. The quantitative estimate of drug-likeness (QED) is 0.665. The molecule has 0 aliphatic carbocycles. The topological polar surface area (TPSA) is 126 Å². The van der Waals surface area contributed by atoms with E-state index in [4.69, 9.17) is 10.2 Å². The number of aliphatic carboxylic acids is 2. The fourth-order valence-electron chi connectivity index (χ4n) is 1.33. The maximum atomic E-state index is 11.8. The van der Waals surface area contributed by atoms with E-state index in [0.29, 0.717) is 17.0 Å². The first-order valence-corrected chi connectivity index (χ1v) is 5.97. The maximum Gasteiger partial charge on any atom is 0.326 e. The van der Waals surface area contributed by atoms with Crippen LogP contribution in [0.1, 0.15) is 21.8 Å². The van der Waals surface area contributed by atoms with Gasteiger partial charge in [0, 0.05) is 12.7 Å². The predicted molar refractivity (Wildman–Crippen MR) is 65.4 cm³/mol. The summed E-state index contributed by atoms with van der Waals surface area (Å²) in [5, 5.41) is 19.4. The van der Waals surface area contributed by atoms with Crippen molar-refractivity contribution in [2.45, 2.75) is 19.4 Å². The Morgan fingerprint density at radius 1 is 1.37 bits per heavy atom. The summed E-state index contributed by atoms with van der Waals surface area (Å²) in [6.07, 6.45) is -0.734. The van der Waals surface area contributed by atoms with E-state index >= 15 is 0 Å². The summed E-state index contributed by atoms with van der Waals surface area (Å²) in [7, 11) is 1.48. The van der Waals surface area contributed by atoms with Gasteiger partial charge in [-0.05, 0) is 6.92 Å². The van der Waals surface area contributed by atoms with Crippen molar-refractivity contribution < 1.29 is 24.6 Å². The second-order valence-corrected chi connectivity index (χ2v) is 4.77. The molecule has 0 aromatic carbocycles. The Balaban J connectivity index is 2.94. The number of carboxylic acid groups (broad SMARTS) is 2. The van der Waals surface area contributed by atoms with Crippen LogP contribution in [0.15, 0.2) is 4.79 Å². The van der Waals surface area contributed by atoms with Crippen molar-refractivity contribution in [1.82, 2.24) is 9.88 Å². The molecule has 0 saturated carbocycles. The van der Waals surface area contributed by atoms with Crippen LogP contribution in [-0.2, 0) is 16.6 Å². The van der Waals surface area contributed by atoms with Gasteiger partial charge in [0.2, 0.25) is 0 Å². The van der Waals surface area contributed by atoms with Gasteiger partial charge in [0.15, 0.2) is 0 Å². The Bertz CT molecular complexity index is 587. The lowest BCUT2D eigenvalue weighted by Gasteiger charge is -2.11. The zero-order valence-electron chi connectivity index (χ0n) is 10.2. The van der Waals surface area contributed by atoms with Crippen molar-refractivity contribution in [2.75, 3.05) is 0 Å². The average molecular weight is 288 g/mol. The van der Waals surface area contributed by atoms with E-state index < -0.39 is 30.3 Å². The number of nitrogens with one attached hydrogen (secondary N) is 1. The van der Waals surface area contributed by atoms with Crippen molar-refractivity contribution in [3.8, 4) is 0 Å². The fraction of sp³-hybridized carbons (Fsp3) is 0.400. The Morgan fingerprint density at radius 2 is 1.95 bits per heavy atom. The van der Waals surface area contributed by atoms with Crippen molar-refractivity contribution >= 4 is 29.2 Å². The van der Waals surface area contributed by atoms with Crippen LogP contribution in [0, 0.1) is 6.92 Å². The van der Waals surface area contributed by atoms with Crippen LogP contribution in [0.25, 0.3) is 0 Å². The largest absolute Gasteiger partial charge is 0.481 e. The number of thiazole rings is 1. The van der Waals surface area contributed by atoms with Crippen LogP contribution < -0.4 is 10.2 Å². The van der Waals surface area contributed by atoms with Crippen molar-refractivity contribution in [3.05, 3.63) is 20.2 Å². The van der Waals surface area contributed by atoms with E-state index in [1.165, 1.54) is 11.6 Å². The molecule has 0 aliphatic heterocycles. The van der Waals surface area contributed by atoms with Crippen LogP contribution in [-0.4, -0.2) is 38.7 Å². The van der Waals surface area contributed by atoms with Crippen LogP contribution >= 0.6 is 11.3 Å². The van der Waals surface area contributed by atoms with Gasteiger partial charge in [-0.1, -0.05) is 11.3 Å². The average Bonchev–Trinajstić information content (AvgIpc) is 2.55. The molecule has 0 aliphatic rings. The second kappa shape index (κ2) is 5.65. The standard InChI is InChI=1S/C10H12N2O6S/c1-4-7(19-10(18)12(4)2)8(15)11-5(9(16)17)3-6(13)14/h5H,3H2,1-2H3,(H,11,15)(H,13,14)(H,16,17). The molecule has 1 unspecified atom stereocenters. The highest BCUT2D eigenvalue weighted by atomic mass is 32.1. The van der Waals surface area contributed by atoms with Gasteiger partial charge in [-0.25, -0.2) is 4.79 Å². The van der Waals surface area contributed by atoms with E-state index in [0.717, 1.165) is 0 Å². The smallest absolute Gasteiger partial charge is 0.326 e. The summed E-state index contributed by atoms with van der Waals surface area (Å²) in [5.41, 5.74) is 0.395. The summed E-state index contributed by atoms with van der Waals surface area (Å²) in [6, 6.07) is -1.54. The number of carbonyl (C=O) groups is 3. The van der Waals surface area contributed by atoms with E-state index in [2.05, 4.69) is 5.32 Å². The molecule has 1 aromatic heterocycles. The molecule has 1 aromatic rings. The highest BCUT2D eigenvalue weighted by molar-refractivity contribution is 7.11. The lowest BCUT2D eigenvalue weighted by molar-refractivity contribution is -0.145. The lowest BCUT2D eigenvalue weighted by atomic mass is 10.2. The summed E-state index contributed by atoms with van der Waals surface area (Å²) in [6.45, 7) is 1.54. The van der Waals surface area contributed by atoms with Crippen LogP contribution in [0.2, 0.25) is 0 Å². The minimum atomic E-state index is -1.54. The van der Waals surface area contributed by atoms with Gasteiger partial charge in [-0.15, -0.1) is 0 Å². The van der Waals surface area contributed by atoms with Gasteiger partial charge in [-0.3, -0.25) is 14.4 Å². The molecule has 0 spiro atoms. The monoisotopic (exact) mass is 288 g/mol. The Labute approximate surface area is 111 Å². The van der Waals surface area contributed by atoms with Gasteiger partial charge >= 0.3 is 16.8 Å². The molecule has 3 N–H and O–H groups in total. The zero-order valence-corrected chi connectivity index (χ0v) is 11.0. The molecule has 1 rings (SSSR count). The molecule has 0 saturated heterocycles. The van der Waals surface area contributed by atoms with Crippen molar-refractivity contribution in [1.29, 1.82) is 0 Å². The molecule has 1 amide bonds. The molecule has 19 heavy (non-hydrogen) atoms. The van der Waals surface area contributed by atoms with Gasteiger partial charge < -0.3 is 20.1 Å². The number of nitrogens with zero attached hydrogens (tertiary/aromatic N) is 1. The minimum absolute atomic E-state index is 0.0733. The lowest BCUT2D eigenvalue weighted by Crippen LogP contribution is -2.42. The SMILES string of the molecule is Cc1c(C(=O)NC(CC(=O)O)C(=O)O)sc(=O)n1C. The molecule has 0 bridgehead atoms. The van der Waals surface area contributed by atoms with Crippen molar-refractivity contribution in [2.24, 2.45) is 7.05 Å². The van der Waals surface area contributed by atoms with E-state index in [1.807, 2.05) is 0 Å². The van der Waals surface area contributed by atoms with Crippen LogP contribution in [0.3, 0.4) is 0 Å². The first-order valence-electron chi connectivity index (χ1n) is 5.16. The number of hydrogen-bond donors (Lipinski definition) is 3. The molecule has 104 valence electrons. The third-order valence-electron chi connectivity index (χ3n) is 2.48. The van der Waals surface area contributed by atoms with Gasteiger partial charge in [0.1, 0.15) is 10.9 Å². The first-order chi connectivity index (χ1) is 8.73. The second-order valence-electron chi connectivity index (χ2n) is 3.80. The van der Waals surface area contributed by atoms with E-state index in [-0.39, 0.29) is 9.75 Å². The molecule has 1 atom stereocenters. The molecule has 8 nitrogen and oxygen atoms in total. The normalized spacial score (nSPS) is 11.9. The minimum Gasteiger partial charge on any atom is -0.481 e. The summed E-state index contributed by atoms with van der Waals surface area (Å²) >= 11 is 0.677. The molecular formula is C10H12N2O6S. The molecule has 1 heterocycles. The predicted octanol–water partition coefficient (Wildman–Crippen LogP) is -0.587.